The predicted molar refractivity (Wildman–Crippen MR) is 159 cm³/mol. The molecule has 0 saturated carbocycles. The molecule has 0 unspecified atom stereocenters. The van der Waals surface area contributed by atoms with Crippen LogP contribution in [0.25, 0.3) is 0 Å². The summed E-state index contributed by atoms with van der Waals surface area (Å²) in [6, 6.07) is 1.31. The average Bonchev–Trinajstić information content (AvgIpc) is 2.83. The highest BCUT2D eigenvalue weighted by molar-refractivity contribution is 6.71. The van der Waals surface area contributed by atoms with Gasteiger partial charge in [-0.15, -0.1) is 0 Å². The summed E-state index contributed by atoms with van der Waals surface area (Å²) in [4.78, 5) is 2.80. The second-order valence-electron chi connectivity index (χ2n) is 11.6. The summed E-state index contributed by atoms with van der Waals surface area (Å²) in [6.07, 6.45) is 31.5. The molecular weight excluding hydrogens is 430 g/mol. The first-order valence-corrected chi connectivity index (χ1v) is 18.9. The van der Waals surface area contributed by atoms with Crippen molar-refractivity contribution >= 4 is 8.32 Å². The van der Waals surface area contributed by atoms with Gasteiger partial charge in [-0.05, 0) is 58.0 Å². The van der Waals surface area contributed by atoms with Crippen LogP contribution in [0.4, 0.5) is 0 Å². The first-order valence-electron chi connectivity index (χ1n) is 15.8. The van der Waals surface area contributed by atoms with Gasteiger partial charge in [-0.25, -0.2) is 0 Å². The highest BCUT2D eigenvalue weighted by Crippen LogP contribution is 2.16. The molecule has 0 fully saturated rings. The summed E-state index contributed by atoms with van der Waals surface area (Å²) in [6.45, 7) is 13.3. The lowest BCUT2D eigenvalue weighted by atomic mass is 10.1. The van der Waals surface area contributed by atoms with Gasteiger partial charge in [0.25, 0.3) is 0 Å². The van der Waals surface area contributed by atoms with Crippen molar-refractivity contribution in [3.8, 4) is 0 Å². The molecule has 0 rings (SSSR count). The fourth-order valence-corrected chi connectivity index (χ4v) is 6.27. The van der Waals surface area contributed by atoms with Gasteiger partial charge in [0, 0.05) is 7.11 Å². The van der Waals surface area contributed by atoms with Crippen LogP contribution < -0.4 is 0 Å². The van der Waals surface area contributed by atoms with E-state index >= 15 is 0 Å². The van der Waals surface area contributed by atoms with Crippen molar-refractivity contribution in [3.63, 3.8) is 0 Å². The van der Waals surface area contributed by atoms with Crippen LogP contribution >= 0.6 is 0 Å². The van der Waals surface area contributed by atoms with E-state index in [1.165, 1.54) is 167 Å². The van der Waals surface area contributed by atoms with Gasteiger partial charge in [0.2, 0.25) is 0 Å². The SMILES string of the molecule is CCCCCCCCCCCCN(CCCCCCCCCCCC)CCCC[Si](C)(C)OC. The molecular formula is C31H67NOSi. The van der Waals surface area contributed by atoms with Crippen LogP contribution in [0.3, 0.4) is 0 Å². The fourth-order valence-electron chi connectivity index (χ4n) is 4.97. The second kappa shape index (κ2) is 26.2. The molecule has 0 aromatic rings. The standard InChI is InChI=1S/C31H67NOSi/c1-6-8-10-12-14-16-18-20-22-24-28-32(30-26-27-31-34(4,5)33-3)29-25-23-21-19-17-15-13-11-9-7-2/h6-31H2,1-5H3. The quantitative estimate of drug-likeness (QED) is 0.0787. The van der Waals surface area contributed by atoms with E-state index in [9.17, 15) is 0 Å². The van der Waals surface area contributed by atoms with Crippen LogP contribution in [-0.4, -0.2) is 40.0 Å². The van der Waals surface area contributed by atoms with Gasteiger partial charge >= 0.3 is 0 Å². The predicted octanol–water partition coefficient (Wildman–Crippen LogP) is 10.8. The normalized spacial score (nSPS) is 12.2. The van der Waals surface area contributed by atoms with Gasteiger partial charge < -0.3 is 9.33 Å². The zero-order valence-corrected chi connectivity index (χ0v) is 25.7. The number of hydrogen-bond donors (Lipinski definition) is 0. The van der Waals surface area contributed by atoms with E-state index in [1.54, 1.807) is 0 Å². The van der Waals surface area contributed by atoms with Crippen LogP contribution in [0.2, 0.25) is 19.1 Å². The van der Waals surface area contributed by atoms with E-state index in [-0.39, 0.29) is 0 Å². The van der Waals surface area contributed by atoms with E-state index in [2.05, 4.69) is 31.8 Å². The molecule has 0 aliphatic heterocycles. The van der Waals surface area contributed by atoms with Crippen molar-refractivity contribution in [3.05, 3.63) is 0 Å². The molecule has 0 atom stereocenters. The Labute approximate surface area is 218 Å². The van der Waals surface area contributed by atoms with Gasteiger partial charge in [0.05, 0.1) is 0 Å². The molecule has 2 nitrogen and oxygen atoms in total. The van der Waals surface area contributed by atoms with Gasteiger partial charge in [-0.2, -0.15) is 0 Å². The van der Waals surface area contributed by atoms with E-state index < -0.39 is 8.32 Å². The maximum absolute atomic E-state index is 5.75. The topological polar surface area (TPSA) is 12.5 Å². The monoisotopic (exact) mass is 497 g/mol. The summed E-state index contributed by atoms with van der Waals surface area (Å²) in [5.74, 6) is 0. The lowest BCUT2D eigenvalue weighted by Crippen LogP contribution is -2.30. The molecule has 0 saturated heterocycles. The van der Waals surface area contributed by atoms with E-state index in [0.29, 0.717) is 0 Å². The second-order valence-corrected chi connectivity index (χ2v) is 16.1. The highest BCUT2D eigenvalue weighted by atomic mass is 28.4. The Morgan fingerprint density at radius 1 is 0.441 bits per heavy atom. The average molecular weight is 498 g/mol. The third-order valence-electron chi connectivity index (χ3n) is 7.71. The molecule has 0 aliphatic carbocycles. The molecule has 0 amide bonds. The zero-order valence-electron chi connectivity index (χ0n) is 24.7. The van der Waals surface area contributed by atoms with Crippen molar-refractivity contribution in [2.45, 2.75) is 174 Å². The minimum atomic E-state index is -1.38. The maximum atomic E-state index is 5.75. The van der Waals surface area contributed by atoms with Crippen LogP contribution in [0.1, 0.15) is 155 Å². The summed E-state index contributed by atoms with van der Waals surface area (Å²) < 4.78 is 5.75. The Kier molecular flexibility index (Phi) is 26.3. The molecule has 34 heavy (non-hydrogen) atoms. The lowest BCUT2D eigenvalue weighted by Gasteiger charge is -2.24. The Hall–Kier alpha value is 0.137. The Balaban J connectivity index is 3.93. The summed E-state index contributed by atoms with van der Waals surface area (Å²) in [5, 5.41) is 0. The highest BCUT2D eigenvalue weighted by Gasteiger charge is 2.19. The Bertz CT molecular complexity index is 364. The molecule has 0 spiro atoms. The molecule has 0 radical (unpaired) electrons. The fraction of sp³-hybridized carbons (Fsp3) is 1.00. The first kappa shape index (κ1) is 34.1. The molecule has 0 heterocycles. The summed E-state index contributed by atoms with van der Waals surface area (Å²) in [7, 11) is 0.534. The maximum Gasteiger partial charge on any atom is 0.186 e. The number of nitrogens with zero attached hydrogens (tertiary/aromatic N) is 1. The Morgan fingerprint density at radius 2 is 0.735 bits per heavy atom. The smallest absolute Gasteiger partial charge is 0.186 e. The summed E-state index contributed by atoms with van der Waals surface area (Å²) >= 11 is 0. The minimum absolute atomic E-state index is 1.31. The van der Waals surface area contributed by atoms with Crippen LogP contribution in [0.5, 0.6) is 0 Å². The molecule has 0 aromatic carbocycles. The minimum Gasteiger partial charge on any atom is -0.420 e. The molecule has 0 aliphatic rings. The summed E-state index contributed by atoms with van der Waals surface area (Å²) in [5.41, 5.74) is 0. The number of unbranched alkanes of at least 4 members (excludes halogenated alkanes) is 19. The van der Waals surface area contributed by atoms with Gasteiger partial charge in [-0.3, -0.25) is 0 Å². The molecule has 0 N–H and O–H groups in total. The van der Waals surface area contributed by atoms with Gasteiger partial charge in [0.15, 0.2) is 8.32 Å². The molecule has 0 bridgehead atoms. The van der Waals surface area contributed by atoms with Crippen LogP contribution in [-0.2, 0) is 4.43 Å². The van der Waals surface area contributed by atoms with E-state index in [0.717, 1.165) is 0 Å². The molecule has 3 heteroatoms. The van der Waals surface area contributed by atoms with Gasteiger partial charge in [-0.1, -0.05) is 136 Å². The van der Waals surface area contributed by atoms with Crippen molar-refractivity contribution < 1.29 is 4.43 Å². The van der Waals surface area contributed by atoms with E-state index in [4.69, 9.17) is 4.43 Å². The largest absolute Gasteiger partial charge is 0.420 e. The van der Waals surface area contributed by atoms with Crippen molar-refractivity contribution in [2.75, 3.05) is 26.7 Å². The lowest BCUT2D eigenvalue weighted by molar-refractivity contribution is 0.255. The number of rotatable bonds is 28. The zero-order chi connectivity index (χ0) is 25.2. The number of hydrogen-bond acceptors (Lipinski definition) is 2. The van der Waals surface area contributed by atoms with Crippen molar-refractivity contribution in [1.82, 2.24) is 4.90 Å². The van der Waals surface area contributed by atoms with Crippen molar-refractivity contribution in [1.29, 1.82) is 0 Å². The molecule has 206 valence electrons. The van der Waals surface area contributed by atoms with Crippen LogP contribution in [0.15, 0.2) is 0 Å². The third kappa shape index (κ3) is 25.2. The molecule has 0 aromatic heterocycles. The van der Waals surface area contributed by atoms with Gasteiger partial charge in [0.1, 0.15) is 0 Å². The van der Waals surface area contributed by atoms with Crippen LogP contribution in [0, 0.1) is 0 Å². The Morgan fingerprint density at radius 3 is 1.06 bits per heavy atom. The third-order valence-corrected chi connectivity index (χ3v) is 10.4. The van der Waals surface area contributed by atoms with E-state index in [1.807, 2.05) is 7.11 Å². The van der Waals surface area contributed by atoms with Crippen molar-refractivity contribution in [2.24, 2.45) is 0 Å². The first-order chi connectivity index (χ1) is 16.6.